The van der Waals surface area contributed by atoms with Gasteiger partial charge in [0.1, 0.15) is 5.69 Å². The van der Waals surface area contributed by atoms with E-state index in [4.69, 9.17) is 5.73 Å². The first-order valence-corrected chi connectivity index (χ1v) is 7.79. The SMILES string of the molecule is Nc1c2c(c(SCc3ccncc3)[nH]c1=O)CCCC2. The fourth-order valence-electron chi connectivity index (χ4n) is 2.59. The van der Waals surface area contributed by atoms with Crippen LogP contribution in [0, 0.1) is 0 Å². The van der Waals surface area contributed by atoms with Crippen molar-refractivity contribution in [2.24, 2.45) is 0 Å². The Kier molecular flexibility index (Phi) is 3.78. The Balaban J connectivity index is 1.90. The number of nitrogens with one attached hydrogen (secondary N) is 1. The lowest BCUT2D eigenvalue weighted by Gasteiger charge is -2.20. The molecule has 0 unspecified atom stereocenters. The molecule has 0 atom stereocenters. The second kappa shape index (κ2) is 5.71. The van der Waals surface area contributed by atoms with Crippen molar-refractivity contribution in [3.8, 4) is 0 Å². The molecule has 2 aromatic heterocycles. The van der Waals surface area contributed by atoms with Crippen molar-refractivity contribution in [1.82, 2.24) is 9.97 Å². The van der Waals surface area contributed by atoms with Crippen LogP contribution in [-0.4, -0.2) is 9.97 Å². The smallest absolute Gasteiger partial charge is 0.272 e. The summed E-state index contributed by atoms with van der Waals surface area (Å²) in [6, 6.07) is 3.99. The molecule has 0 fully saturated rings. The topological polar surface area (TPSA) is 71.8 Å². The van der Waals surface area contributed by atoms with E-state index < -0.39 is 0 Å². The van der Waals surface area contributed by atoms with Gasteiger partial charge in [-0.2, -0.15) is 0 Å². The van der Waals surface area contributed by atoms with Crippen LogP contribution < -0.4 is 11.3 Å². The van der Waals surface area contributed by atoms with Crippen LogP contribution in [0.4, 0.5) is 5.69 Å². The number of pyridine rings is 2. The predicted molar refractivity (Wildman–Crippen MR) is 81.9 cm³/mol. The molecule has 0 saturated carbocycles. The summed E-state index contributed by atoms with van der Waals surface area (Å²) in [5, 5.41) is 0.982. The summed E-state index contributed by atoms with van der Waals surface area (Å²) in [5.74, 6) is 0.828. The Labute approximate surface area is 121 Å². The molecule has 0 saturated heterocycles. The van der Waals surface area contributed by atoms with Crippen molar-refractivity contribution in [3.05, 3.63) is 51.6 Å². The normalized spacial score (nSPS) is 14.0. The van der Waals surface area contributed by atoms with Gasteiger partial charge in [0.15, 0.2) is 0 Å². The number of aromatic amines is 1. The van der Waals surface area contributed by atoms with Crippen molar-refractivity contribution in [2.75, 3.05) is 5.73 Å². The zero-order chi connectivity index (χ0) is 13.9. The maximum atomic E-state index is 11.9. The lowest BCUT2D eigenvalue weighted by atomic mass is 9.92. The average molecular weight is 287 g/mol. The van der Waals surface area contributed by atoms with Gasteiger partial charge < -0.3 is 10.7 Å². The molecule has 5 heteroatoms. The average Bonchev–Trinajstić information content (AvgIpc) is 2.50. The van der Waals surface area contributed by atoms with Gasteiger partial charge in [-0.1, -0.05) is 0 Å². The first-order chi connectivity index (χ1) is 9.75. The van der Waals surface area contributed by atoms with E-state index in [9.17, 15) is 4.79 Å². The zero-order valence-electron chi connectivity index (χ0n) is 11.2. The predicted octanol–water partition coefficient (Wildman–Crippen LogP) is 2.52. The summed E-state index contributed by atoms with van der Waals surface area (Å²) < 4.78 is 0. The Bertz CT molecular complexity index is 667. The Morgan fingerprint density at radius 1 is 1.20 bits per heavy atom. The maximum absolute atomic E-state index is 11.9. The second-order valence-electron chi connectivity index (χ2n) is 5.01. The second-order valence-corrected chi connectivity index (χ2v) is 5.99. The number of aromatic nitrogens is 2. The first-order valence-electron chi connectivity index (χ1n) is 6.81. The fourth-order valence-corrected chi connectivity index (χ4v) is 3.66. The lowest BCUT2D eigenvalue weighted by molar-refractivity contribution is 0.667. The van der Waals surface area contributed by atoms with Crippen molar-refractivity contribution in [2.45, 2.75) is 36.5 Å². The third kappa shape index (κ3) is 2.58. The van der Waals surface area contributed by atoms with Gasteiger partial charge in [0, 0.05) is 18.1 Å². The van der Waals surface area contributed by atoms with Crippen LogP contribution in [0.5, 0.6) is 0 Å². The fraction of sp³-hybridized carbons (Fsp3) is 0.333. The molecule has 0 spiro atoms. The molecule has 4 nitrogen and oxygen atoms in total. The monoisotopic (exact) mass is 287 g/mol. The molecule has 3 N–H and O–H groups in total. The van der Waals surface area contributed by atoms with Crippen LogP contribution in [0.1, 0.15) is 29.5 Å². The number of nitrogens with two attached hydrogens (primary N) is 1. The minimum absolute atomic E-state index is 0.150. The van der Waals surface area contributed by atoms with Gasteiger partial charge in [-0.3, -0.25) is 9.78 Å². The number of H-pyrrole nitrogens is 1. The van der Waals surface area contributed by atoms with Gasteiger partial charge in [0.2, 0.25) is 0 Å². The number of nitrogen functional groups attached to an aromatic ring is 1. The molecule has 0 aliphatic heterocycles. The van der Waals surface area contributed by atoms with Crippen molar-refractivity contribution in [1.29, 1.82) is 0 Å². The number of nitrogens with zero attached hydrogens (tertiary/aromatic N) is 1. The Morgan fingerprint density at radius 3 is 2.65 bits per heavy atom. The third-order valence-electron chi connectivity index (χ3n) is 3.67. The molecule has 3 rings (SSSR count). The number of hydrogen-bond acceptors (Lipinski definition) is 4. The third-order valence-corrected chi connectivity index (χ3v) is 4.79. The van der Waals surface area contributed by atoms with Gasteiger partial charge in [0.05, 0.1) is 5.03 Å². The zero-order valence-corrected chi connectivity index (χ0v) is 12.0. The standard InChI is InChI=1S/C15H17N3OS/c16-13-11-3-1-2-4-12(11)15(18-14(13)19)20-9-10-5-7-17-8-6-10/h5-8H,1-4,9,16H2,(H,18,19). The van der Waals surface area contributed by atoms with Gasteiger partial charge in [0.25, 0.3) is 5.56 Å². The van der Waals surface area contributed by atoms with Crippen LogP contribution in [0.3, 0.4) is 0 Å². The summed E-state index contributed by atoms with van der Waals surface area (Å²) in [6.45, 7) is 0. The molecule has 1 aliphatic carbocycles. The summed E-state index contributed by atoms with van der Waals surface area (Å²) in [5.41, 5.74) is 9.69. The highest BCUT2D eigenvalue weighted by atomic mass is 32.2. The molecule has 0 aromatic carbocycles. The van der Waals surface area contributed by atoms with Crippen molar-refractivity contribution < 1.29 is 0 Å². The molecule has 104 valence electrons. The van der Waals surface area contributed by atoms with Gasteiger partial charge in [-0.25, -0.2) is 0 Å². The number of fused-ring (bicyclic) bond motifs is 1. The van der Waals surface area contributed by atoms with Crippen molar-refractivity contribution in [3.63, 3.8) is 0 Å². The summed E-state index contributed by atoms with van der Waals surface area (Å²) in [4.78, 5) is 18.9. The number of rotatable bonds is 3. The molecule has 0 bridgehead atoms. The highest BCUT2D eigenvalue weighted by Gasteiger charge is 2.18. The minimum Gasteiger partial charge on any atom is -0.394 e. The molecule has 1 aliphatic rings. The van der Waals surface area contributed by atoms with E-state index in [-0.39, 0.29) is 5.56 Å². The summed E-state index contributed by atoms with van der Waals surface area (Å²) in [7, 11) is 0. The van der Waals surface area contributed by atoms with Crippen LogP contribution >= 0.6 is 11.8 Å². The number of hydrogen-bond donors (Lipinski definition) is 2. The minimum atomic E-state index is -0.150. The largest absolute Gasteiger partial charge is 0.394 e. The summed E-state index contributed by atoms with van der Waals surface area (Å²) in [6.07, 6.45) is 7.80. The highest BCUT2D eigenvalue weighted by Crippen LogP contribution is 2.32. The quantitative estimate of drug-likeness (QED) is 0.851. The molecule has 20 heavy (non-hydrogen) atoms. The lowest BCUT2D eigenvalue weighted by Crippen LogP contribution is -2.20. The van der Waals surface area contributed by atoms with E-state index in [2.05, 4.69) is 9.97 Å². The van der Waals surface area contributed by atoms with E-state index in [0.29, 0.717) is 5.69 Å². The van der Waals surface area contributed by atoms with E-state index in [0.717, 1.165) is 35.6 Å². The number of thioether (sulfide) groups is 1. The molecule has 2 aromatic rings. The molecular weight excluding hydrogens is 270 g/mol. The van der Waals surface area contributed by atoms with Crippen LogP contribution in [0.25, 0.3) is 0 Å². The Hall–Kier alpha value is -1.75. The molecule has 0 radical (unpaired) electrons. The van der Waals surface area contributed by atoms with Crippen LogP contribution in [-0.2, 0) is 18.6 Å². The van der Waals surface area contributed by atoms with Crippen molar-refractivity contribution >= 4 is 17.4 Å². The van der Waals surface area contributed by atoms with E-state index in [1.165, 1.54) is 17.5 Å². The van der Waals surface area contributed by atoms with Gasteiger partial charge >= 0.3 is 0 Å². The number of anilines is 1. The van der Waals surface area contributed by atoms with E-state index in [1.54, 1.807) is 24.2 Å². The van der Waals surface area contributed by atoms with Crippen LogP contribution in [0.2, 0.25) is 0 Å². The van der Waals surface area contributed by atoms with Gasteiger partial charge in [-0.15, -0.1) is 11.8 Å². The van der Waals surface area contributed by atoms with E-state index in [1.807, 2.05) is 12.1 Å². The molecule has 2 heterocycles. The maximum Gasteiger partial charge on any atom is 0.272 e. The van der Waals surface area contributed by atoms with Crippen LogP contribution in [0.15, 0.2) is 34.3 Å². The van der Waals surface area contributed by atoms with E-state index >= 15 is 0 Å². The highest BCUT2D eigenvalue weighted by molar-refractivity contribution is 7.98. The van der Waals surface area contributed by atoms with Gasteiger partial charge in [-0.05, 0) is 54.5 Å². The first kappa shape index (κ1) is 13.2. The Morgan fingerprint density at radius 2 is 1.90 bits per heavy atom. The molecule has 0 amide bonds. The molecular formula is C15H17N3OS. The summed E-state index contributed by atoms with van der Waals surface area (Å²) >= 11 is 1.67.